The van der Waals surface area contributed by atoms with Gasteiger partial charge < -0.3 is 9.47 Å². The van der Waals surface area contributed by atoms with Crippen molar-refractivity contribution in [3.8, 4) is 5.75 Å². The van der Waals surface area contributed by atoms with E-state index in [1.807, 2.05) is 0 Å². The van der Waals surface area contributed by atoms with Gasteiger partial charge in [0.2, 0.25) is 0 Å². The second-order valence-electron chi connectivity index (χ2n) is 3.08. The Balaban J connectivity index is 2.77. The molecule has 84 valence electrons. The molecule has 0 aliphatic heterocycles. The summed E-state index contributed by atoms with van der Waals surface area (Å²) >= 11 is 3.34. The van der Waals surface area contributed by atoms with Gasteiger partial charge in [-0.3, -0.25) is 5.10 Å². The van der Waals surface area contributed by atoms with Crippen LogP contribution in [0.2, 0.25) is 0 Å². The summed E-state index contributed by atoms with van der Waals surface area (Å²) in [6.45, 7) is 0. The monoisotopic (exact) mass is 284 g/mol. The van der Waals surface area contributed by atoms with Crippen molar-refractivity contribution in [1.29, 1.82) is 0 Å². The first-order chi connectivity index (χ1) is 7.69. The third-order valence-corrected chi connectivity index (χ3v) is 2.83. The molecule has 1 heterocycles. The van der Waals surface area contributed by atoms with Gasteiger partial charge in [0.1, 0.15) is 11.3 Å². The fourth-order valence-electron chi connectivity index (χ4n) is 1.53. The summed E-state index contributed by atoms with van der Waals surface area (Å²) in [6.07, 6.45) is 1.67. The van der Waals surface area contributed by atoms with E-state index in [1.54, 1.807) is 19.4 Å². The maximum Gasteiger partial charge on any atom is 0.340 e. The van der Waals surface area contributed by atoms with Crippen LogP contribution in [0, 0.1) is 0 Å². The number of methoxy groups -OCH3 is 2. The van der Waals surface area contributed by atoms with Crippen LogP contribution in [0.25, 0.3) is 10.9 Å². The van der Waals surface area contributed by atoms with Crippen molar-refractivity contribution in [2.45, 2.75) is 0 Å². The molecule has 0 amide bonds. The predicted molar refractivity (Wildman–Crippen MR) is 61.7 cm³/mol. The molecule has 0 fully saturated rings. The lowest BCUT2D eigenvalue weighted by Gasteiger charge is -2.07. The zero-order valence-corrected chi connectivity index (χ0v) is 10.3. The maximum atomic E-state index is 11.5. The Morgan fingerprint density at radius 2 is 2.25 bits per heavy atom. The van der Waals surface area contributed by atoms with Crippen molar-refractivity contribution in [2.24, 2.45) is 0 Å². The van der Waals surface area contributed by atoms with Crippen LogP contribution < -0.4 is 4.74 Å². The van der Waals surface area contributed by atoms with E-state index in [2.05, 4.69) is 30.9 Å². The van der Waals surface area contributed by atoms with Gasteiger partial charge in [0.15, 0.2) is 0 Å². The summed E-state index contributed by atoms with van der Waals surface area (Å²) in [6, 6.07) is 1.63. The summed E-state index contributed by atoms with van der Waals surface area (Å²) in [5.74, 6) is 0.205. The number of nitrogens with zero attached hydrogens (tertiary/aromatic N) is 1. The van der Waals surface area contributed by atoms with E-state index in [-0.39, 0.29) is 0 Å². The van der Waals surface area contributed by atoms with E-state index in [1.165, 1.54) is 7.11 Å². The summed E-state index contributed by atoms with van der Waals surface area (Å²) in [4.78, 5) is 11.5. The van der Waals surface area contributed by atoms with Gasteiger partial charge in [-0.15, -0.1) is 0 Å². The Morgan fingerprint density at radius 3 is 2.88 bits per heavy atom. The highest BCUT2D eigenvalue weighted by molar-refractivity contribution is 9.10. The molecule has 1 aromatic carbocycles. The summed E-state index contributed by atoms with van der Waals surface area (Å²) < 4.78 is 10.6. The molecular formula is C10H9BrN2O3. The van der Waals surface area contributed by atoms with Gasteiger partial charge in [0.05, 0.1) is 29.6 Å². The molecule has 0 atom stereocenters. The molecule has 0 saturated heterocycles. The molecule has 0 unspecified atom stereocenters. The van der Waals surface area contributed by atoms with Gasteiger partial charge in [-0.05, 0) is 22.0 Å². The zero-order chi connectivity index (χ0) is 11.7. The van der Waals surface area contributed by atoms with Gasteiger partial charge in [-0.2, -0.15) is 5.10 Å². The minimum Gasteiger partial charge on any atom is -0.495 e. The van der Waals surface area contributed by atoms with Crippen LogP contribution in [0.4, 0.5) is 0 Å². The normalized spacial score (nSPS) is 10.4. The van der Waals surface area contributed by atoms with E-state index in [4.69, 9.17) is 4.74 Å². The molecule has 6 heteroatoms. The van der Waals surface area contributed by atoms with Crippen LogP contribution >= 0.6 is 15.9 Å². The van der Waals surface area contributed by atoms with Crippen molar-refractivity contribution < 1.29 is 14.3 Å². The smallest absolute Gasteiger partial charge is 0.340 e. The minimum atomic E-state index is -0.430. The quantitative estimate of drug-likeness (QED) is 0.858. The molecule has 0 aliphatic carbocycles. The number of nitrogens with one attached hydrogen (secondary N) is 1. The number of hydrogen-bond acceptors (Lipinski definition) is 4. The zero-order valence-electron chi connectivity index (χ0n) is 8.70. The number of aromatic amines is 1. The second kappa shape index (κ2) is 4.13. The van der Waals surface area contributed by atoms with Crippen molar-refractivity contribution >= 4 is 32.8 Å². The third-order valence-electron chi connectivity index (χ3n) is 2.24. The summed E-state index contributed by atoms with van der Waals surface area (Å²) in [5.41, 5.74) is 0.929. The van der Waals surface area contributed by atoms with E-state index in [0.29, 0.717) is 21.3 Å². The number of carbonyl (C=O) groups excluding carboxylic acids is 1. The standard InChI is InChI=1S/C10H9BrN2O3/c1-15-9-6-4-12-13-8(6)5(3-7(9)11)10(14)16-2/h3-4H,1-2H3,(H,12,13). The Hall–Kier alpha value is -1.56. The minimum absolute atomic E-state index is 0.395. The molecule has 0 aliphatic rings. The molecule has 16 heavy (non-hydrogen) atoms. The van der Waals surface area contributed by atoms with Gasteiger partial charge in [0.25, 0.3) is 0 Å². The molecule has 2 aromatic rings. The average Bonchev–Trinajstić information content (AvgIpc) is 2.75. The molecule has 0 bridgehead atoms. The Kier molecular flexibility index (Phi) is 2.82. The Labute approximate surface area is 99.9 Å². The number of aromatic nitrogens is 2. The molecule has 0 radical (unpaired) electrons. The number of benzene rings is 1. The molecule has 2 rings (SSSR count). The van der Waals surface area contributed by atoms with E-state index in [9.17, 15) is 4.79 Å². The van der Waals surface area contributed by atoms with Crippen molar-refractivity contribution in [3.63, 3.8) is 0 Å². The molecular weight excluding hydrogens is 276 g/mol. The number of H-pyrrole nitrogens is 1. The lowest BCUT2D eigenvalue weighted by molar-refractivity contribution is 0.0602. The number of carbonyl (C=O) groups is 1. The van der Waals surface area contributed by atoms with E-state index >= 15 is 0 Å². The largest absolute Gasteiger partial charge is 0.495 e. The average molecular weight is 285 g/mol. The Morgan fingerprint density at radius 1 is 1.50 bits per heavy atom. The van der Waals surface area contributed by atoms with Gasteiger partial charge in [-0.25, -0.2) is 4.79 Å². The summed E-state index contributed by atoms with van der Waals surface area (Å²) in [5, 5.41) is 7.44. The van der Waals surface area contributed by atoms with Crippen molar-refractivity contribution in [1.82, 2.24) is 10.2 Å². The molecule has 1 N–H and O–H groups in total. The molecule has 0 spiro atoms. The number of esters is 1. The highest BCUT2D eigenvalue weighted by Crippen LogP contribution is 2.35. The topological polar surface area (TPSA) is 64.2 Å². The number of halogens is 1. The summed E-state index contributed by atoms with van der Waals surface area (Å²) in [7, 11) is 2.89. The highest BCUT2D eigenvalue weighted by Gasteiger charge is 2.18. The first-order valence-corrected chi connectivity index (χ1v) is 5.26. The molecule has 5 nitrogen and oxygen atoms in total. The van der Waals surface area contributed by atoms with Crippen LogP contribution in [0.5, 0.6) is 5.75 Å². The van der Waals surface area contributed by atoms with Crippen LogP contribution in [0.1, 0.15) is 10.4 Å². The number of fused-ring (bicyclic) bond motifs is 1. The first kappa shape index (κ1) is 10.9. The number of ether oxygens (including phenoxy) is 2. The van der Waals surface area contributed by atoms with Crippen LogP contribution in [-0.4, -0.2) is 30.4 Å². The van der Waals surface area contributed by atoms with Gasteiger partial charge in [0, 0.05) is 6.20 Å². The fraction of sp³-hybridized carbons (Fsp3) is 0.200. The molecule has 0 saturated carbocycles. The second-order valence-corrected chi connectivity index (χ2v) is 3.93. The fourth-order valence-corrected chi connectivity index (χ4v) is 2.14. The van der Waals surface area contributed by atoms with Gasteiger partial charge in [-0.1, -0.05) is 0 Å². The lowest BCUT2D eigenvalue weighted by Crippen LogP contribution is -2.03. The number of hydrogen-bond donors (Lipinski definition) is 1. The highest BCUT2D eigenvalue weighted by atomic mass is 79.9. The number of rotatable bonds is 2. The van der Waals surface area contributed by atoms with Crippen molar-refractivity contribution in [3.05, 3.63) is 22.3 Å². The first-order valence-electron chi connectivity index (χ1n) is 4.47. The van der Waals surface area contributed by atoms with Crippen molar-refractivity contribution in [2.75, 3.05) is 14.2 Å². The molecule has 1 aromatic heterocycles. The van der Waals surface area contributed by atoms with E-state index in [0.717, 1.165) is 5.39 Å². The van der Waals surface area contributed by atoms with Gasteiger partial charge >= 0.3 is 5.97 Å². The van der Waals surface area contributed by atoms with Crippen LogP contribution in [-0.2, 0) is 4.74 Å². The lowest BCUT2D eigenvalue weighted by atomic mass is 10.1. The Bertz CT molecular complexity index is 550. The van der Waals surface area contributed by atoms with Crippen LogP contribution in [0.15, 0.2) is 16.7 Å². The third kappa shape index (κ3) is 1.55. The predicted octanol–water partition coefficient (Wildman–Crippen LogP) is 2.12. The van der Waals surface area contributed by atoms with Crippen LogP contribution in [0.3, 0.4) is 0 Å². The van der Waals surface area contributed by atoms with E-state index < -0.39 is 5.97 Å². The SMILES string of the molecule is COC(=O)c1cc(Br)c(OC)c2c[nH]nc12. The maximum absolute atomic E-state index is 11.5.